The van der Waals surface area contributed by atoms with Gasteiger partial charge in [0.05, 0.1) is 40.0 Å². The molecule has 2 aliphatic heterocycles. The van der Waals surface area contributed by atoms with Gasteiger partial charge in [-0.1, -0.05) is 48.5 Å². The molecular formula is C44H51N7O5S3. The van der Waals surface area contributed by atoms with E-state index in [1.165, 1.54) is 12.5 Å². The summed E-state index contributed by atoms with van der Waals surface area (Å²) >= 11 is 1.61. The highest BCUT2D eigenvalue weighted by Crippen LogP contribution is 2.32. The Morgan fingerprint density at radius 3 is 2.00 bits per heavy atom. The molecule has 12 nitrogen and oxygen atoms in total. The molecule has 1 aromatic heterocycles. The fourth-order valence-corrected chi connectivity index (χ4v) is 10.0. The van der Waals surface area contributed by atoms with Gasteiger partial charge in [-0.25, -0.2) is 16.8 Å². The van der Waals surface area contributed by atoms with Crippen LogP contribution >= 0.6 is 11.3 Å². The van der Waals surface area contributed by atoms with Crippen molar-refractivity contribution in [2.45, 2.75) is 56.8 Å². The highest BCUT2D eigenvalue weighted by atomic mass is 32.2. The van der Waals surface area contributed by atoms with Crippen LogP contribution in [0.2, 0.25) is 0 Å². The maximum Gasteiger partial charge on any atom is 0.261 e. The van der Waals surface area contributed by atoms with Crippen molar-refractivity contribution in [1.82, 2.24) is 10.6 Å². The largest absolute Gasteiger partial charge is 0.495 e. The van der Waals surface area contributed by atoms with Gasteiger partial charge < -0.3 is 25.2 Å². The van der Waals surface area contributed by atoms with E-state index in [9.17, 15) is 22.1 Å². The molecule has 7 rings (SSSR count). The predicted octanol–water partition coefficient (Wildman–Crippen LogP) is 7.57. The summed E-state index contributed by atoms with van der Waals surface area (Å²) in [5.74, 6) is 0.483. The monoisotopic (exact) mass is 853 g/mol. The molecule has 310 valence electrons. The van der Waals surface area contributed by atoms with E-state index in [0.717, 1.165) is 53.6 Å². The number of methoxy groups -OCH3 is 1. The molecule has 15 heteroatoms. The van der Waals surface area contributed by atoms with Gasteiger partial charge in [0, 0.05) is 60.9 Å². The number of nitrogens with zero attached hydrogens (tertiary/aromatic N) is 3. The van der Waals surface area contributed by atoms with Crippen molar-refractivity contribution in [1.29, 1.82) is 5.26 Å². The molecule has 59 heavy (non-hydrogen) atoms. The molecular weight excluding hydrogens is 803 g/mol. The Labute approximate surface area is 352 Å². The third kappa shape index (κ3) is 11.6. The molecule has 0 radical (unpaired) electrons. The lowest BCUT2D eigenvalue weighted by Crippen LogP contribution is -2.54. The zero-order valence-corrected chi connectivity index (χ0v) is 36.2. The summed E-state index contributed by atoms with van der Waals surface area (Å²) in [7, 11) is -5.89. The van der Waals surface area contributed by atoms with Crippen molar-refractivity contribution in [3.8, 4) is 22.3 Å². The summed E-state index contributed by atoms with van der Waals surface area (Å²) in [6, 6.07) is 34.3. The van der Waals surface area contributed by atoms with Crippen LogP contribution in [0.25, 0.3) is 16.5 Å². The average molecular weight is 854 g/mol. The topological polar surface area (TPSA) is 156 Å². The van der Waals surface area contributed by atoms with E-state index < -0.39 is 20.0 Å². The van der Waals surface area contributed by atoms with Crippen molar-refractivity contribution in [3.05, 3.63) is 125 Å². The Kier molecular flexibility index (Phi) is 14.0. The molecule has 0 spiro atoms. The summed E-state index contributed by atoms with van der Waals surface area (Å²) in [6.45, 7) is 11.7. The number of piperazine rings is 2. The van der Waals surface area contributed by atoms with Gasteiger partial charge in [-0.3, -0.25) is 9.44 Å². The van der Waals surface area contributed by atoms with Crippen LogP contribution in [0.1, 0.15) is 38.8 Å². The molecule has 0 bridgehead atoms. The van der Waals surface area contributed by atoms with Crippen LogP contribution in [0.5, 0.6) is 5.75 Å². The minimum absolute atomic E-state index is 0.197. The number of nitrogens with one attached hydrogen (secondary N) is 4. The van der Waals surface area contributed by atoms with Gasteiger partial charge in [0.15, 0.2) is 0 Å². The van der Waals surface area contributed by atoms with Crippen LogP contribution in [0, 0.1) is 11.3 Å². The number of ether oxygens (including phenoxy) is 1. The summed E-state index contributed by atoms with van der Waals surface area (Å²) in [4.78, 5) is 5.68. The second-order valence-electron chi connectivity index (χ2n) is 14.9. The Morgan fingerprint density at radius 2 is 1.41 bits per heavy atom. The number of hydrogen-bond donors (Lipinski definition) is 4. The molecule has 0 aliphatic carbocycles. The number of benzene rings is 4. The van der Waals surface area contributed by atoms with Gasteiger partial charge in [0.2, 0.25) is 0 Å². The standard InChI is InChI=1S/C23H24N4O2S2.C21H27N3O3S/c1-16-14-27(15-17(2)25-16)22-12-20(8-5-19(22)13-24)26-31(28,29)21-9-6-18(7-10-21)23-4-3-11-30-23;1-16-14-24(15-17(2)22-16)19-9-10-21(27-3)20(13-19)23-28(25,26)12-11-18-7-5-4-6-8-18/h3-12,16-17,25-26H,14-15H2,1-2H3;4-13,16-17,22-23H,14-15H2,1-3H3/b;12-11+/t2*16-,17+. The molecule has 0 saturated carbocycles. The molecule has 3 heterocycles. The fraction of sp³-hybridized carbons (Fsp3) is 0.295. The van der Waals surface area contributed by atoms with Crippen LogP contribution in [-0.4, -0.2) is 74.3 Å². The minimum Gasteiger partial charge on any atom is -0.495 e. The molecule has 2 fully saturated rings. The SMILES string of the molecule is COc1ccc(N2C[C@@H](C)N[C@@H](C)C2)cc1NS(=O)(=O)/C=C/c1ccccc1.C[C@@H]1CN(c2cc(NS(=O)(=O)c3ccc(-c4cccs4)cc3)ccc2C#N)C[C@H](C)N1. The zero-order valence-electron chi connectivity index (χ0n) is 33.8. The maximum atomic E-state index is 12.9. The number of nitriles is 1. The first-order chi connectivity index (χ1) is 28.2. The molecule has 2 saturated heterocycles. The van der Waals surface area contributed by atoms with Crippen LogP contribution in [0.15, 0.2) is 119 Å². The number of thiophene rings is 1. The zero-order chi connectivity index (χ0) is 42.2. The summed E-state index contributed by atoms with van der Waals surface area (Å²) < 4.78 is 61.7. The predicted molar refractivity (Wildman–Crippen MR) is 241 cm³/mol. The Balaban J connectivity index is 0.000000199. The van der Waals surface area contributed by atoms with Gasteiger partial charge in [0.1, 0.15) is 11.8 Å². The first-order valence-corrected chi connectivity index (χ1v) is 23.3. The van der Waals surface area contributed by atoms with Crippen molar-refractivity contribution < 1.29 is 21.6 Å². The lowest BCUT2D eigenvalue weighted by atomic mass is 10.1. The van der Waals surface area contributed by atoms with Gasteiger partial charge in [-0.15, -0.1) is 11.3 Å². The van der Waals surface area contributed by atoms with E-state index in [1.807, 2.05) is 72.1 Å². The Morgan fingerprint density at radius 1 is 0.763 bits per heavy atom. The van der Waals surface area contributed by atoms with E-state index in [1.54, 1.807) is 53.8 Å². The van der Waals surface area contributed by atoms with Crippen molar-refractivity contribution in [3.63, 3.8) is 0 Å². The first-order valence-electron chi connectivity index (χ1n) is 19.4. The number of sulfonamides is 2. The number of hydrogen-bond acceptors (Lipinski definition) is 11. The van der Waals surface area contributed by atoms with E-state index in [2.05, 4.69) is 63.6 Å². The highest BCUT2D eigenvalue weighted by Gasteiger charge is 2.25. The summed E-state index contributed by atoms with van der Waals surface area (Å²) in [5, 5.41) is 19.7. The second kappa shape index (κ2) is 19.1. The third-order valence-electron chi connectivity index (χ3n) is 9.84. The van der Waals surface area contributed by atoms with Crippen LogP contribution in [0.4, 0.5) is 22.7 Å². The summed E-state index contributed by atoms with van der Waals surface area (Å²) in [5.41, 5.74) is 4.91. The second-order valence-corrected chi connectivity index (χ2v) is 19.1. The molecule has 5 aromatic rings. The van der Waals surface area contributed by atoms with E-state index in [4.69, 9.17) is 4.74 Å². The molecule has 0 amide bonds. The van der Waals surface area contributed by atoms with Crippen LogP contribution in [-0.2, 0) is 20.0 Å². The lowest BCUT2D eigenvalue weighted by Gasteiger charge is -2.38. The molecule has 0 unspecified atom stereocenters. The number of rotatable bonds is 11. The van der Waals surface area contributed by atoms with E-state index in [-0.39, 0.29) is 17.0 Å². The van der Waals surface area contributed by atoms with E-state index >= 15 is 0 Å². The Hall–Kier alpha value is -5.37. The molecule has 4 atom stereocenters. The van der Waals surface area contributed by atoms with Crippen molar-refractivity contribution in [2.75, 3.05) is 52.5 Å². The van der Waals surface area contributed by atoms with Crippen molar-refractivity contribution in [2.24, 2.45) is 0 Å². The van der Waals surface area contributed by atoms with E-state index in [0.29, 0.717) is 34.8 Å². The number of anilines is 4. The van der Waals surface area contributed by atoms with Gasteiger partial charge in [0.25, 0.3) is 20.0 Å². The molecule has 4 N–H and O–H groups in total. The quantitative estimate of drug-likeness (QED) is 0.105. The maximum absolute atomic E-state index is 12.9. The molecule has 4 aromatic carbocycles. The smallest absolute Gasteiger partial charge is 0.261 e. The van der Waals surface area contributed by atoms with Crippen LogP contribution < -0.4 is 34.6 Å². The average Bonchev–Trinajstić information content (AvgIpc) is 3.75. The van der Waals surface area contributed by atoms with Gasteiger partial charge >= 0.3 is 0 Å². The van der Waals surface area contributed by atoms with Gasteiger partial charge in [-0.2, -0.15) is 5.26 Å². The minimum atomic E-state index is -3.75. The third-order valence-corrected chi connectivity index (χ3v) is 13.2. The Bertz CT molecular complexity index is 2450. The fourth-order valence-electron chi connectivity index (χ4n) is 7.36. The molecule has 2 aliphatic rings. The normalized spacial score (nSPS) is 19.7. The lowest BCUT2D eigenvalue weighted by molar-refractivity contribution is 0.406. The van der Waals surface area contributed by atoms with Gasteiger partial charge in [-0.05, 0) is 105 Å². The summed E-state index contributed by atoms with van der Waals surface area (Å²) in [6.07, 6.45) is 1.57. The highest BCUT2D eigenvalue weighted by molar-refractivity contribution is 7.95. The van der Waals surface area contributed by atoms with Crippen LogP contribution in [0.3, 0.4) is 0 Å². The van der Waals surface area contributed by atoms with Crippen molar-refractivity contribution >= 4 is 60.2 Å². The first kappa shape index (κ1) is 43.2.